The zero-order valence-corrected chi connectivity index (χ0v) is 15.8. The third kappa shape index (κ3) is 4.97. The molecule has 1 saturated heterocycles. The van der Waals surface area contributed by atoms with Crippen LogP contribution in [0.25, 0.3) is 0 Å². The van der Waals surface area contributed by atoms with E-state index in [0.29, 0.717) is 19.3 Å². The molecule has 6 heteroatoms. The topological polar surface area (TPSA) is 66.6 Å². The van der Waals surface area contributed by atoms with Gasteiger partial charge < -0.3 is 15.7 Å². The summed E-state index contributed by atoms with van der Waals surface area (Å²) in [5.74, 6) is 0.166. The monoisotopic (exact) mass is 380 g/mol. The normalized spacial score (nSPS) is 18.0. The highest BCUT2D eigenvalue weighted by Crippen LogP contribution is 2.30. The first-order valence-electron chi connectivity index (χ1n) is 8.49. The molecular weight excluding hydrogens is 356 g/mol. The number of benzene rings is 1. The summed E-state index contributed by atoms with van der Waals surface area (Å²) in [4.78, 5) is 15.5. The van der Waals surface area contributed by atoms with E-state index in [1.54, 1.807) is 11.3 Å². The summed E-state index contributed by atoms with van der Waals surface area (Å²) in [6.45, 7) is 0.797. The molecule has 0 aliphatic carbocycles. The van der Waals surface area contributed by atoms with Gasteiger partial charge in [-0.2, -0.15) is 0 Å². The molecule has 2 atom stereocenters. The average Bonchev–Trinajstić information content (AvgIpc) is 3.25. The largest absolute Gasteiger partial charge is 0.399 e. The van der Waals surface area contributed by atoms with Gasteiger partial charge in [-0.15, -0.1) is 23.7 Å². The van der Waals surface area contributed by atoms with E-state index in [-0.39, 0.29) is 24.4 Å². The second-order valence-corrected chi connectivity index (χ2v) is 7.33. The fourth-order valence-corrected chi connectivity index (χ4v) is 4.14. The number of anilines is 1. The van der Waals surface area contributed by atoms with Gasteiger partial charge in [0.05, 0.1) is 6.10 Å². The zero-order valence-electron chi connectivity index (χ0n) is 14.1. The Balaban J connectivity index is 0.00000225. The van der Waals surface area contributed by atoms with Crippen LogP contribution in [0.4, 0.5) is 5.69 Å². The Morgan fingerprint density at radius 1 is 1.32 bits per heavy atom. The third-order valence-corrected chi connectivity index (χ3v) is 5.70. The lowest BCUT2D eigenvalue weighted by Gasteiger charge is -2.26. The van der Waals surface area contributed by atoms with Crippen molar-refractivity contribution in [3.8, 4) is 0 Å². The molecule has 1 amide bonds. The molecule has 1 aliphatic rings. The highest BCUT2D eigenvalue weighted by Gasteiger charge is 2.30. The number of carbonyl (C=O) groups is 1. The molecular formula is C19H25ClN2O2S. The predicted molar refractivity (Wildman–Crippen MR) is 105 cm³/mol. The van der Waals surface area contributed by atoms with Crippen LogP contribution in [0.2, 0.25) is 0 Å². The average molecular weight is 381 g/mol. The van der Waals surface area contributed by atoms with E-state index in [2.05, 4.69) is 0 Å². The fourth-order valence-electron chi connectivity index (χ4n) is 3.41. The number of carbonyl (C=O) groups excluding carboxylic acids is 1. The quantitative estimate of drug-likeness (QED) is 0.749. The van der Waals surface area contributed by atoms with Gasteiger partial charge in [0.1, 0.15) is 0 Å². The van der Waals surface area contributed by atoms with E-state index in [1.165, 1.54) is 0 Å². The van der Waals surface area contributed by atoms with Crippen molar-refractivity contribution < 1.29 is 9.90 Å². The van der Waals surface area contributed by atoms with Crippen molar-refractivity contribution in [3.05, 3.63) is 52.2 Å². The summed E-state index contributed by atoms with van der Waals surface area (Å²) in [6, 6.07) is 11.7. The highest BCUT2D eigenvalue weighted by molar-refractivity contribution is 7.10. The molecule has 0 spiro atoms. The lowest BCUT2D eigenvalue weighted by Crippen LogP contribution is -2.36. The maximum atomic E-state index is 12.6. The van der Waals surface area contributed by atoms with Crippen molar-refractivity contribution in [3.63, 3.8) is 0 Å². The number of thiophene rings is 1. The minimum absolute atomic E-state index is 0. The van der Waals surface area contributed by atoms with Crippen molar-refractivity contribution in [2.45, 2.75) is 44.2 Å². The molecule has 136 valence electrons. The van der Waals surface area contributed by atoms with Gasteiger partial charge in [0.25, 0.3) is 0 Å². The highest BCUT2D eigenvalue weighted by atomic mass is 35.5. The van der Waals surface area contributed by atoms with Crippen LogP contribution in [0.3, 0.4) is 0 Å². The molecule has 2 aromatic rings. The molecule has 0 bridgehead atoms. The van der Waals surface area contributed by atoms with Crippen molar-refractivity contribution in [1.82, 2.24) is 4.90 Å². The SMILES string of the molecule is Cl.Nc1ccccc1CCC(=O)N1CCCC1CC(O)c1cccs1. The number of likely N-dealkylation sites (tertiary alicyclic amines) is 1. The molecule has 0 radical (unpaired) electrons. The summed E-state index contributed by atoms with van der Waals surface area (Å²) in [7, 11) is 0. The number of aliphatic hydroxyl groups excluding tert-OH is 1. The van der Waals surface area contributed by atoms with Crippen LogP contribution >= 0.6 is 23.7 Å². The van der Waals surface area contributed by atoms with Crippen molar-refractivity contribution in [2.24, 2.45) is 0 Å². The maximum absolute atomic E-state index is 12.6. The summed E-state index contributed by atoms with van der Waals surface area (Å²) in [5, 5.41) is 12.3. The van der Waals surface area contributed by atoms with E-state index < -0.39 is 6.10 Å². The van der Waals surface area contributed by atoms with Gasteiger partial charge >= 0.3 is 0 Å². The van der Waals surface area contributed by atoms with E-state index in [4.69, 9.17) is 5.73 Å². The number of rotatable bonds is 6. The van der Waals surface area contributed by atoms with Gasteiger partial charge in [0.15, 0.2) is 0 Å². The van der Waals surface area contributed by atoms with Gasteiger partial charge in [-0.1, -0.05) is 24.3 Å². The number of nitrogens with zero attached hydrogens (tertiary/aromatic N) is 1. The van der Waals surface area contributed by atoms with Gasteiger partial charge in [-0.05, 0) is 48.8 Å². The van der Waals surface area contributed by atoms with E-state index >= 15 is 0 Å². The number of nitrogen functional groups attached to an aromatic ring is 1. The Morgan fingerprint density at radius 2 is 2.12 bits per heavy atom. The number of aliphatic hydroxyl groups is 1. The number of aryl methyl sites for hydroxylation is 1. The molecule has 3 rings (SSSR count). The smallest absolute Gasteiger partial charge is 0.223 e. The van der Waals surface area contributed by atoms with Crippen LogP contribution < -0.4 is 5.73 Å². The lowest BCUT2D eigenvalue weighted by molar-refractivity contribution is -0.132. The van der Waals surface area contributed by atoms with Crippen LogP contribution in [0.15, 0.2) is 41.8 Å². The summed E-state index contributed by atoms with van der Waals surface area (Å²) in [5.41, 5.74) is 7.73. The molecule has 1 aromatic heterocycles. The van der Waals surface area contributed by atoms with E-state index in [9.17, 15) is 9.90 Å². The van der Waals surface area contributed by atoms with Crippen LogP contribution in [-0.2, 0) is 11.2 Å². The maximum Gasteiger partial charge on any atom is 0.223 e. The molecule has 25 heavy (non-hydrogen) atoms. The Hall–Kier alpha value is -1.56. The van der Waals surface area contributed by atoms with Crippen LogP contribution in [0.5, 0.6) is 0 Å². The first-order chi connectivity index (χ1) is 11.6. The van der Waals surface area contributed by atoms with Crippen LogP contribution in [0.1, 0.15) is 42.2 Å². The molecule has 3 N–H and O–H groups in total. The first-order valence-corrected chi connectivity index (χ1v) is 9.37. The molecule has 0 saturated carbocycles. The second-order valence-electron chi connectivity index (χ2n) is 6.35. The van der Waals surface area contributed by atoms with E-state index in [1.807, 2.05) is 46.7 Å². The van der Waals surface area contributed by atoms with Gasteiger partial charge in [-0.3, -0.25) is 4.79 Å². The molecule has 4 nitrogen and oxygen atoms in total. The van der Waals surface area contributed by atoms with Crippen LogP contribution in [0, 0.1) is 0 Å². The molecule has 1 aliphatic heterocycles. The van der Waals surface area contributed by atoms with Gasteiger partial charge in [0, 0.05) is 29.6 Å². The number of nitrogens with two attached hydrogens (primary N) is 1. The Morgan fingerprint density at radius 3 is 2.84 bits per heavy atom. The number of para-hydroxylation sites is 1. The Kier molecular flexibility index (Phi) is 7.29. The lowest BCUT2D eigenvalue weighted by atomic mass is 10.0. The molecule has 1 aromatic carbocycles. The standard InChI is InChI=1S/C19H24N2O2S.ClH/c20-16-7-2-1-5-14(16)9-10-19(23)21-11-3-6-15(21)13-17(22)18-8-4-12-24-18;/h1-2,4-5,7-8,12,15,17,22H,3,6,9-11,13,20H2;1H. The minimum atomic E-state index is -0.479. The fraction of sp³-hybridized carbons (Fsp3) is 0.421. The minimum Gasteiger partial charge on any atom is -0.399 e. The Bertz CT molecular complexity index is 678. The molecule has 1 fully saturated rings. The molecule has 2 heterocycles. The third-order valence-electron chi connectivity index (χ3n) is 4.73. The second kappa shape index (κ2) is 9.22. The van der Waals surface area contributed by atoms with Gasteiger partial charge in [0.2, 0.25) is 5.91 Å². The zero-order chi connectivity index (χ0) is 16.9. The first kappa shape index (κ1) is 19.8. The summed E-state index contributed by atoms with van der Waals surface area (Å²) in [6.07, 6.45) is 3.28. The van der Waals surface area contributed by atoms with E-state index in [0.717, 1.165) is 35.5 Å². The number of hydrogen-bond donors (Lipinski definition) is 2. The predicted octanol–water partition coefficient (Wildman–Crippen LogP) is 3.80. The molecule has 2 unspecified atom stereocenters. The van der Waals surface area contributed by atoms with Gasteiger partial charge in [-0.25, -0.2) is 0 Å². The summed E-state index contributed by atoms with van der Waals surface area (Å²) >= 11 is 1.57. The van der Waals surface area contributed by atoms with Crippen LogP contribution in [-0.4, -0.2) is 28.5 Å². The summed E-state index contributed by atoms with van der Waals surface area (Å²) < 4.78 is 0. The van der Waals surface area contributed by atoms with Crippen molar-refractivity contribution in [1.29, 1.82) is 0 Å². The number of amides is 1. The van der Waals surface area contributed by atoms with Crippen molar-refractivity contribution >= 4 is 35.3 Å². The van der Waals surface area contributed by atoms with Crippen molar-refractivity contribution in [2.75, 3.05) is 12.3 Å². The number of halogens is 1. The number of hydrogen-bond acceptors (Lipinski definition) is 4. The Labute approximate surface area is 159 Å².